The molecule has 1 atom stereocenters. The Labute approximate surface area is 189 Å². The van der Waals surface area contributed by atoms with Crippen molar-refractivity contribution in [3.05, 3.63) is 91.5 Å². The van der Waals surface area contributed by atoms with E-state index < -0.39 is 16.1 Å². The smallest absolute Gasteiger partial charge is 0.265 e. The van der Waals surface area contributed by atoms with Crippen molar-refractivity contribution < 1.29 is 17.9 Å². The molecule has 7 heteroatoms. The highest BCUT2D eigenvalue weighted by Crippen LogP contribution is 2.23. The SMILES string of the molecule is C=CCNS(=O)(=O)c1ccc(NC(=O)C(CC)Oc2ccc(-c3ccccc3)cc2)cc1. The van der Waals surface area contributed by atoms with Crippen LogP contribution in [0.3, 0.4) is 0 Å². The average Bonchev–Trinajstić information content (AvgIpc) is 2.82. The summed E-state index contributed by atoms with van der Waals surface area (Å²) >= 11 is 0. The molecule has 3 aromatic carbocycles. The maximum absolute atomic E-state index is 12.7. The van der Waals surface area contributed by atoms with Crippen molar-refractivity contribution in [2.24, 2.45) is 0 Å². The third kappa shape index (κ3) is 6.06. The first-order valence-electron chi connectivity index (χ1n) is 10.3. The molecule has 166 valence electrons. The van der Waals surface area contributed by atoms with E-state index in [4.69, 9.17) is 4.74 Å². The van der Waals surface area contributed by atoms with Crippen LogP contribution in [0.1, 0.15) is 13.3 Å². The number of hydrogen-bond donors (Lipinski definition) is 2. The van der Waals surface area contributed by atoms with Gasteiger partial charge in [-0.25, -0.2) is 13.1 Å². The summed E-state index contributed by atoms with van der Waals surface area (Å²) in [6.45, 7) is 5.50. The molecule has 0 spiro atoms. The molecule has 6 nitrogen and oxygen atoms in total. The van der Waals surface area contributed by atoms with E-state index in [-0.39, 0.29) is 17.3 Å². The van der Waals surface area contributed by atoms with Crippen LogP contribution in [0.2, 0.25) is 0 Å². The van der Waals surface area contributed by atoms with Crippen LogP contribution in [0.5, 0.6) is 5.75 Å². The predicted octanol–water partition coefficient (Wildman–Crippen LogP) is 4.61. The molecule has 0 bridgehead atoms. The fourth-order valence-corrected chi connectivity index (χ4v) is 4.03. The summed E-state index contributed by atoms with van der Waals surface area (Å²) in [7, 11) is -3.61. The topological polar surface area (TPSA) is 84.5 Å². The van der Waals surface area contributed by atoms with Crippen molar-refractivity contribution in [3.8, 4) is 16.9 Å². The number of sulfonamides is 1. The van der Waals surface area contributed by atoms with Gasteiger partial charge in [0, 0.05) is 12.2 Å². The normalized spacial score (nSPS) is 12.0. The lowest BCUT2D eigenvalue weighted by Crippen LogP contribution is -2.32. The second kappa shape index (κ2) is 10.7. The summed E-state index contributed by atoms with van der Waals surface area (Å²) in [6, 6.07) is 23.5. The highest BCUT2D eigenvalue weighted by atomic mass is 32.2. The molecule has 3 aromatic rings. The van der Waals surface area contributed by atoms with Gasteiger partial charge in [-0.1, -0.05) is 55.5 Å². The minimum Gasteiger partial charge on any atom is -0.481 e. The van der Waals surface area contributed by atoms with E-state index in [0.717, 1.165) is 11.1 Å². The Balaban J connectivity index is 1.63. The molecule has 1 unspecified atom stereocenters. The maximum atomic E-state index is 12.7. The second-order valence-electron chi connectivity index (χ2n) is 7.06. The van der Waals surface area contributed by atoms with Crippen molar-refractivity contribution in [3.63, 3.8) is 0 Å². The van der Waals surface area contributed by atoms with Crippen LogP contribution in [0.4, 0.5) is 5.69 Å². The van der Waals surface area contributed by atoms with Crippen molar-refractivity contribution in [2.45, 2.75) is 24.3 Å². The van der Waals surface area contributed by atoms with Crippen molar-refractivity contribution in [2.75, 3.05) is 11.9 Å². The van der Waals surface area contributed by atoms with Gasteiger partial charge >= 0.3 is 0 Å². The molecule has 0 aliphatic heterocycles. The highest BCUT2D eigenvalue weighted by molar-refractivity contribution is 7.89. The molecule has 0 heterocycles. The van der Waals surface area contributed by atoms with Gasteiger partial charge in [-0.3, -0.25) is 4.79 Å². The van der Waals surface area contributed by atoms with Gasteiger partial charge in [-0.2, -0.15) is 0 Å². The van der Waals surface area contributed by atoms with Crippen LogP contribution in [0, 0.1) is 0 Å². The average molecular weight is 451 g/mol. The standard InChI is InChI=1S/C25H26N2O4S/c1-3-18-26-32(29,30)23-16-12-21(13-17-23)27-25(28)24(4-2)31-22-14-10-20(11-15-22)19-8-6-5-7-9-19/h3,5-17,24,26H,1,4,18H2,2H3,(H,27,28). The Hall–Kier alpha value is -3.42. The number of hydrogen-bond acceptors (Lipinski definition) is 4. The quantitative estimate of drug-likeness (QED) is 0.442. The van der Waals surface area contributed by atoms with Crippen LogP contribution in [0.15, 0.2) is 96.4 Å². The van der Waals surface area contributed by atoms with Gasteiger partial charge in [0.1, 0.15) is 5.75 Å². The molecule has 0 aliphatic rings. The number of amides is 1. The fraction of sp³-hybridized carbons (Fsp3) is 0.160. The van der Waals surface area contributed by atoms with Crippen molar-refractivity contribution in [1.82, 2.24) is 4.72 Å². The van der Waals surface area contributed by atoms with Crippen molar-refractivity contribution >= 4 is 21.6 Å². The molecule has 0 fully saturated rings. The third-order valence-electron chi connectivity index (χ3n) is 4.75. The lowest BCUT2D eigenvalue weighted by atomic mass is 10.1. The van der Waals surface area contributed by atoms with Gasteiger partial charge in [-0.15, -0.1) is 6.58 Å². The summed E-state index contributed by atoms with van der Waals surface area (Å²) in [4.78, 5) is 12.8. The fourth-order valence-electron chi connectivity index (χ4n) is 3.04. The highest BCUT2D eigenvalue weighted by Gasteiger charge is 2.19. The minimum atomic E-state index is -3.61. The summed E-state index contributed by atoms with van der Waals surface area (Å²) in [5.74, 6) is 0.293. The Kier molecular flexibility index (Phi) is 7.81. The molecule has 0 saturated heterocycles. The lowest BCUT2D eigenvalue weighted by Gasteiger charge is -2.18. The molecule has 1 amide bonds. The summed E-state index contributed by atoms with van der Waals surface area (Å²) < 4.78 is 32.5. The van der Waals surface area contributed by atoms with E-state index in [1.165, 1.54) is 18.2 Å². The van der Waals surface area contributed by atoms with E-state index in [0.29, 0.717) is 17.9 Å². The van der Waals surface area contributed by atoms with Gasteiger partial charge in [0.2, 0.25) is 10.0 Å². The molecule has 0 aromatic heterocycles. The number of nitrogens with one attached hydrogen (secondary N) is 2. The zero-order chi connectivity index (χ0) is 23.0. The van der Waals surface area contributed by atoms with Gasteiger partial charge in [0.15, 0.2) is 6.10 Å². The zero-order valence-electron chi connectivity index (χ0n) is 17.8. The van der Waals surface area contributed by atoms with E-state index >= 15 is 0 Å². The first-order valence-corrected chi connectivity index (χ1v) is 11.7. The summed E-state index contributed by atoms with van der Waals surface area (Å²) in [5.41, 5.74) is 2.65. The van der Waals surface area contributed by atoms with Gasteiger partial charge < -0.3 is 10.1 Å². The van der Waals surface area contributed by atoms with Gasteiger partial charge in [-0.05, 0) is 53.9 Å². The van der Waals surface area contributed by atoms with Crippen molar-refractivity contribution in [1.29, 1.82) is 0 Å². The Bertz CT molecular complexity index is 1140. The van der Waals surface area contributed by atoms with E-state index in [1.807, 2.05) is 61.5 Å². The maximum Gasteiger partial charge on any atom is 0.265 e. The van der Waals surface area contributed by atoms with Crippen LogP contribution in [0.25, 0.3) is 11.1 Å². The molecule has 0 radical (unpaired) electrons. The number of benzene rings is 3. The number of carbonyl (C=O) groups excluding carboxylic acids is 1. The molecule has 0 saturated carbocycles. The van der Waals surface area contributed by atoms with Gasteiger partial charge in [0.05, 0.1) is 4.90 Å². The van der Waals surface area contributed by atoms with E-state index in [1.54, 1.807) is 12.1 Å². The van der Waals surface area contributed by atoms with Crippen LogP contribution in [-0.2, 0) is 14.8 Å². The molecule has 32 heavy (non-hydrogen) atoms. The Morgan fingerprint density at radius 3 is 2.19 bits per heavy atom. The number of ether oxygens (including phenoxy) is 1. The summed E-state index contributed by atoms with van der Waals surface area (Å²) in [5, 5.41) is 2.78. The van der Waals surface area contributed by atoms with Crippen LogP contribution >= 0.6 is 0 Å². The third-order valence-corrected chi connectivity index (χ3v) is 6.19. The molecular weight excluding hydrogens is 424 g/mol. The second-order valence-corrected chi connectivity index (χ2v) is 8.83. The number of carbonyl (C=O) groups is 1. The zero-order valence-corrected chi connectivity index (χ0v) is 18.6. The Morgan fingerprint density at radius 2 is 1.59 bits per heavy atom. The minimum absolute atomic E-state index is 0.110. The first-order chi connectivity index (χ1) is 15.4. The number of rotatable bonds is 10. The predicted molar refractivity (Wildman–Crippen MR) is 127 cm³/mol. The van der Waals surface area contributed by atoms with E-state index in [9.17, 15) is 13.2 Å². The van der Waals surface area contributed by atoms with Crippen LogP contribution in [-0.4, -0.2) is 27.0 Å². The lowest BCUT2D eigenvalue weighted by molar-refractivity contribution is -0.122. The molecule has 3 rings (SSSR count). The van der Waals surface area contributed by atoms with E-state index in [2.05, 4.69) is 16.6 Å². The number of anilines is 1. The molecular formula is C25H26N2O4S. The molecule has 0 aliphatic carbocycles. The largest absolute Gasteiger partial charge is 0.481 e. The first kappa shape index (κ1) is 23.2. The summed E-state index contributed by atoms with van der Waals surface area (Å²) in [6.07, 6.45) is 1.26. The Morgan fingerprint density at radius 1 is 0.969 bits per heavy atom. The van der Waals surface area contributed by atoms with Gasteiger partial charge in [0.25, 0.3) is 5.91 Å². The molecule has 2 N–H and O–H groups in total. The van der Waals surface area contributed by atoms with Crippen LogP contribution < -0.4 is 14.8 Å². The monoisotopic (exact) mass is 450 g/mol.